The van der Waals surface area contributed by atoms with Crippen molar-refractivity contribution in [3.63, 3.8) is 0 Å². The van der Waals surface area contributed by atoms with Crippen molar-refractivity contribution in [2.24, 2.45) is 0 Å². The molecular formula is C19H20FN3OS. The van der Waals surface area contributed by atoms with Crippen LogP contribution in [0.15, 0.2) is 64.0 Å². The van der Waals surface area contributed by atoms with Gasteiger partial charge in [-0.3, -0.25) is 0 Å². The van der Waals surface area contributed by atoms with E-state index in [1.54, 1.807) is 12.1 Å². The molecule has 0 radical (unpaired) electrons. The number of nitrogens with zero attached hydrogens (tertiary/aromatic N) is 2. The zero-order valence-corrected chi connectivity index (χ0v) is 15.0. The van der Waals surface area contributed by atoms with E-state index in [0.29, 0.717) is 23.0 Å². The molecule has 4 nitrogen and oxygen atoms in total. The molecule has 0 fully saturated rings. The van der Waals surface area contributed by atoms with Gasteiger partial charge in [-0.1, -0.05) is 47.6 Å². The number of likely N-dealkylation sites (N-methyl/N-ethyl adjacent to an activating group) is 1. The molecule has 2 aromatic carbocycles. The zero-order valence-electron chi connectivity index (χ0n) is 14.1. The Labute approximate surface area is 150 Å². The largest absolute Gasteiger partial charge is 0.338 e. The summed E-state index contributed by atoms with van der Waals surface area (Å²) in [5, 5.41) is 6.98. The maximum atomic E-state index is 14.1. The fraction of sp³-hybridized carbons (Fsp3) is 0.263. The molecule has 0 saturated carbocycles. The summed E-state index contributed by atoms with van der Waals surface area (Å²) < 4.78 is 19.6. The number of rotatable bonds is 7. The van der Waals surface area contributed by atoms with Gasteiger partial charge in [-0.25, -0.2) is 4.39 Å². The lowest BCUT2D eigenvalue weighted by atomic mass is 10.1. The third-order valence-electron chi connectivity index (χ3n) is 3.87. The number of halogens is 1. The number of aromatic nitrogens is 2. The highest BCUT2D eigenvalue weighted by Gasteiger charge is 2.24. The second-order valence-electron chi connectivity index (χ2n) is 5.78. The quantitative estimate of drug-likeness (QED) is 0.641. The van der Waals surface area contributed by atoms with Gasteiger partial charge in [0.15, 0.2) is 5.82 Å². The summed E-state index contributed by atoms with van der Waals surface area (Å²) in [6.45, 7) is 2.05. The van der Waals surface area contributed by atoms with Gasteiger partial charge >= 0.3 is 0 Å². The lowest BCUT2D eigenvalue weighted by Gasteiger charge is -2.13. The minimum Gasteiger partial charge on any atom is -0.338 e. The summed E-state index contributed by atoms with van der Waals surface area (Å²) in [6.07, 6.45) is 0.672. The summed E-state index contributed by atoms with van der Waals surface area (Å²) in [6, 6.07) is 16.8. The van der Waals surface area contributed by atoms with E-state index in [1.165, 1.54) is 17.8 Å². The van der Waals surface area contributed by atoms with Gasteiger partial charge in [0.1, 0.15) is 11.1 Å². The fourth-order valence-electron chi connectivity index (χ4n) is 2.39. The van der Waals surface area contributed by atoms with Gasteiger partial charge in [0.25, 0.3) is 0 Å². The van der Waals surface area contributed by atoms with E-state index >= 15 is 0 Å². The molecule has 6 heteroatoms. The van der Waals surface area contributed by atoms with Gasteiger partial charge in [0.2, 0.25) is 5.89 Å². The summed E-state index contributed by atoms with van der Waals surface area (Å²) in [7, 11) is 1.90. The molecule has 25 heavy (non-hydrogen) atoms. The molecule has 1 N–H and O–H groups in total. The van der Waals surface area contributed by atoms with E-state index in [2.05, 4.69) is 22.4 Å². The SMILES string of the molecule is CNC(C)Cc1noc(C(Sc2ccccc2F)c2ccccc2)n1. The van der Waals surface area contributed by atoms with Gasteiger partial charge in [-0.05, 0) is 31.7 Å². The van der Waals surface area contributed by atoms with Crippen molar-refractivity contribution in [3.05, 3.63) is 77.7 Å². The average molecular weight is 357 g/mol. The number of hydrogen-bond acceptors (Lipinski definition) is 5. The normalized spacial score (nSPS) is 13.6. The van der Waals surface area contributed by atoms with Crippen LogP contribution in [-0.2, 0) is 6.42 Å². The monoisotopic (exact) mass is 357 g/mol. The lowest BCUT2D eigenvalue weighted by Crippen LogP contribution is -2.24. The first-order chi connectivity index (χ1) is 12.2. The van der Waals surface area contributed by atoms with E-state index in [0.717, 1.165) is 5.56 Å². The van der Waals surface area contributed by atoms with Gasteiger partial charge < -0.3 is 9.84 Å². The first-order valence-corrected chi connectivity index (χ1v) is 9.01. The van der Waals surface area contributed by atoms with Crippen LogP contribution in [0.4, 0.5) is 4.39 Å². The number of nitrogens with one attached hydrogen (secondary N) is 1. The molecule has 2 atom stereocenters. The van der Waals surface area contributed by atoms with E-state index in [1.807, 2.05) is 43.4 Å². The molecule has 1 aromatic heterocycles. The zero-order chi connectivity index (χ0) is 17.6. The predicted molar refractivity (Wildman–Crippen MR) is 97.1 cm³/mol. The molecule has 3 aromatic rings. The van der Waals surface area contributed by atoms with Crippen molar-refractivity contribution in [1.82, 2.24) is 15.5 Å². The second kappa shape index (κ2) is 8.27. The summed E-state index contributed by atoms with van der Waals surface area (Å²) in [4.78, 5) is 5.09. The van der Waals surface area contributed by atoms with Crippen molar-refractivity contribution in [3.8, 4) is 0 Å². The van der Waals surface area contributed by atoms with Crippen molar-refractivity contribution >= 4 is 11.8 Å². The second-order valence-corrected chi connectivity index (χ2v) is 6.93. The molecular weight excluding hydrogens is 337 g/mol. The number of thioether (sulfide) groups is 1. The molecule has 0 bridgehead atoms. The van der Waals surface area contributed by atoms with E-state index < -0.39 is 0 Å². The van der Waals surface area contributed by atoms with Gasteiger partial charge in [0.05, 0.1) is 0 Å². The van der Waals surface area contributed by atoms with Crippen LogP contribution in [0.25, 0.3) is 0 Å². The first kappa shape index (κ1) is 17.6. The Hall–Kier alpha value is -2.18. The molecule has 130 valence electrons. The Balaban J connectivity index is 1.91. The molecule has 1 heterocycles. The first-order valence-electron chi connectivity index (χ1n) is 8.13. The van der Waals surface area contributed by atoms with Crippen molar-refractivity contribution < 1.29 is 8.91 Å². The standard InChI is InChI=1S/C19H20FN3OS/c1-13(21-2)12-17-22-19(24-23-17)18(14-8-4-3-5-9-14)25-16-11-7-6-10-15(16)20/h3-11,13,18,21H,12H2,1-2H3. The number of benzene rings is 2. The van der Waals surface area contributed by atoms with Gasteiger partial charge in [-0.15, -0.1) is 11.8 Å². The minimum atomic E-state index is -0.260. The lowest BCUT2D eigenvalue weighted by molar-refractivity contribution is 0.375. The third kappa shape index (κ3) is 4.46. The molecule has 0 aliphatic carbocycles. The van der Waals surface area contributed by atoms with E-state index in [9.17, 15) is 4.39 Å². The maximum absolute atomic E-state index is 14.1. The number of hydrogen-bond donors (Lipinski definition) is 1. The highest BCUT2D eigenvalue weighted by atomic mass is 32.2. The van der Waals surface area contributed by atoms with E-state index in [-0.39, 0.29) is 17.1 Å². The fourth-order valence-corrected chi connectivity index (χ4v) is 3.47. The molecule has 0 spiro atoms. The average Bonchev–Trinajstić information content (AvgIpc) is 3.09. The summed E-state index contributed by atoms with van der Waals surface area (Å²) >= 11 is 1.37. The van der Waals surface area contributed by atoms with Crippen LogP contribution in [0.5, 0.6) is 0 Å². The van der Waals surface area contributed by atoms with Crippen LogP contribution in [0.2, 0.25) is 0 Å². The molecule has 3 rings (SSSR count). The smallest absolute Gasteiger partial charge is 0.244 e. The van der Waals surface area contributed by atoms with Gasteiger partial charge in [-0.2, -0.15) is 4.98 Å². The third-order valence-corrected chi connectivity index (χ3v) is 5.17. The Morgan fingerprint density at radius 2 is 1.84 bits per heavy atom. The summed E-state index contributed by atoms with van der Waals surface area (Å²) in [5.41, 5.74) is 0.993. The maximum Gasteiger partial charge on any atom is 0.244 e. The Bertz CT molecular complexity index is 809. The highest BCUT2D eigenvalue weighted by molar-refractivity contribution is 7.99. The minimum absolute atomic E-state index is 0.250. The van der Waals surface area contributed by atoms with Crippen molar-refractivity contribution in [2.45, 2.75) is 29.5 Å². The van der Waals surface area contributed by atoms with Gasteiger partial charge in [0, 0.05) is 17.4 Å². The highest BCUT2D eigenvalue weighted by Crippen LogP contribution is 2.40. The molecule has 2 unspecified atom stereocenters. The molecule has 0 aliphatic heterocycles. The molecule has 0 saturated heterocycles. The van der Waals surface area contributed by atoms with Crippen LogP contribution in [-0.4, -0.2) is 23.2 Å². The Morgan fingerprint density at radius 3 is 2.56 bits per heavy atom. The predicted octanol–water partition coefficient (Wildman–Crippen LogP) is 4.24. The van der Waals surface area contributed by atoms with Crippen LogP contribution < -0.4 is 5.32 Å². The Kier molecular flexibility index (Phi) is 5.83. The van der Waals surface area contributed by atoms with Crippen molar-refractivity contribution in [1.29, 1.82) is 0 Å². The van der Waals surface area contributed by atoms with Crippen LogP contribution in [0.3, 0.4) is 0 Å². The topological polar surface area (TPSA) is 51.0 Å². The summed E-state index contributed by atoms with van der Waals surface area (Å²) in [5.74, 6) is 0.877. The van der Waals surface area contributed by atoms with Crippen LogP contribution >= 0.6 is 11.8 Å². The Morgan fingerprint density at radius 1 is 1.12 bits per heavy atom. The van der Waals surface area contributed by atoms with Crippen LogP contribution in [0, 0.1) is 5.82 Å². The molecule has 0 aliphatic rings. The van der Waals surface area contributed by atoms with Crippen LogP contribution in [0.1, 0.15) is 29.5 Å². The van der Waals surface area contributed by atoms with Crippen molar-refractivity contribution in [2.75, 3.05) is 7.05 Å². The molecule has 0 amide bonds. The van der Waals surface area contributed by atoms with E-state index in [4.69, 9.17) is 4.52 Å².